The number of nitrogens with zero attached hydrogens (tertiary/aromatic N) is 1. The summed E-state index contributed by atoms with van der Waals surface area (Å²) in [5, 5.41) is 9.17. The summed E-state index contributed by atoms with van der Waals surface area (Å²) in [7, 11) is 0. The van der Waals surface area contributed by atoms with Crippen molar-refractivity contribution in [3.63, 3.8) is 0 Å². The van der Waals surface area contributed by atoms with Crippen LogP contribution in [0.15, 0.2) is 18.2 Å². The molecule has 0 bridgehead atoms. The Kier molecular flexibility index (Phi) is 4.36. The lowest BCUT2D eigenvalue weighted by Gasteiger charge is -2.35. The zero-order chi connectivity index (χ0) is 14.8. The van der Waals surface area contributed by atoms with Crippen LogP contribution in [0.3, 0.4) is 0 Å². The Labute approximate surface area is 121 Å². The minimum atomic E-state index is -0.735. The van der Waals surface area contributed by atoms with Crippen LogP contribution < -0.4 is 4.90 Å². The number of carboxylic acids is 1. The second kappa shape index (κ2) is 5.86. The Morgan fingerprint density at radius 1 is 1.25 bits per heavy atom. The van der Waals surface area contributed by atoms with Crippen LogP contribution >= 0.6 is 0 Å². The van der Waals surface area contributed by atoms with Gasteiger partial charge >= 0.3 is 5.97 Å². The van der Waals surface area contributed by atoms with Crippen molar-refractivity contribution in [3.05, 3.63) is 29.3 Å². The Balaban J connectivity index is 2.39. The second-order valence-corrected chi connectivity index (χ2v) is 6.52. The van der Waals surface area contributed by atoms with Gasteiger partial charge in [-0.1, -0.05) is 31.5 Å². The highest BCUT2D eigenvalue weighted by Gasteiger charge is 2.28. The first-order chi connectivity index (χ1) is 9.40. The molecule has 1 aromatic rings. The van der Waals surface area contributed by atoms with Crippen LogP contribution in [0, 0.1) is 6.92 Å². The van der Waals surface area contributed by atoms with E-state index >= 15 is 0 Å². The molecule has 0 spiro atoms. The molecule has 110 valence electrons. The van der Waals surface area contributed by atoms with Crippen molar-refractivity contribution in [2.75, 3.05) is 18.0 Å². The van der Waals surface area contributed by atoms with Gasteiger partial charge in [0.25, 0.3) is 0 Å². The molecule has 0 amide bonds. The number of hydrogen-bond donors (Lipinski definition) is 1. The number of carboxylic acid groups (broad SMARTS) is 1. The van der Waals surface area contributed by atoms with Crippen LogP contribution in [0.25, 0.3) is 0 Å². The highest BCUT2D eigenvalue weighted by atomic mass is 16.4. The minimum Gasteiger partial charge on any atom is -0.481 e. The van der Waals surface area contributed by atoms with E-state index in [1.165, 1.54) is 36.1 Å². The molecule has 1 heterocycles. The number of rotatable bonds is 4. The zero-order valence-electron chi connectivity index (χ0n) is 12.8. The predicted octanol–water partition coefficient (Wildman–Crippen LogP) is 3.74. The molecule has 0 aliphatic carbocycles. The lowest BCUT2D eigenvalue weighted by Crippen LogP contribution is -2.33. The molecule has 0 atom stereocenters. The van der Waals surface area contributed by atoms with Crippen molar-refractivity contribution >= 4 is 11.7 Å². The third kappa shape index (κ3) is 3.33. The quantitative estimate of drug-likeness (QED) is 0.910. The van der Waals surface area contributed by atoms with Gasteiger partial charge in [0.2, 0.25) is 0 Å². The van der Waals surface area contributed by atoms with Crippen LogP contribution in [-0.4, -0.2) is 24.2 Å². The van der Waals surface area contributed by atoms with Crippen LogP contribution in [0.4, 0.5) is 5.69 Å². The average molecular weight is 275 g/mol. The Morgan fingerprint density at radius 3 is 2.50 bits per heavy atom. The normalized spacial score (nSPS) is 16.2. The smallest absolute Gasteiger partial charge is 0.304 e. The largest absolute Gasteiger partial charge is 0.481 e. The number of hydrogen-bond acceptors (Lipinski definition) is 2. The monoisotopic (exact) mass is 275 g/mol. The number of carbonyl (C=O) groups is 1. The Hall–Kier alpha value is -1.51. The van der Waals surface area contributed by atoms with Crippen molar-refractivity contribution in [2.24, 2.45) is 0 Å². The van der Waals surface area contributed by atoms with E-state index in [9.17, 15) is 4.79 Å². The first-order valence-corrected chi connectivity index (χ1v) is 7.48. The molecule has 3 nitrogen and oxygen atoms in total. The first kappa shape index (κ1) is 14.9. The molecule has 1 aliphatic rings. The van der Waals surface area contributed by atoms with Gasteiger partial charge in [-0.05, 0) is 37.8 Å². The van der Waals surface area contributed by atoms with Crippen LogP contribution in [-0.2, 0) is 10.2 Å². The molecule has 0 aromatic heterocycles. The first-order valence-electron chi connectivity index (χ1n) is 7.48. The van der Waals surface area contributed by atoms with Crippen molar-refractivity contribution in [3.8, 4) is 0 Å². The fourth-order valence-electron chi connectivity index (χ4n) is 3.08. The molecule has 0 radical (unpaired) electrons. The lowest BCUT2D eigenvalue weighted by molar-refractivity contribution is -0.138. The fraction of sp³-hybridized carbons (Fsp3) is 0.588. The summed E-state index contributed by atoms with van der Waals surface area (Å²) in [4.78, 5) is 13.6. The van der Waals surface area contributed by atoms with E-state index in [1.807, 2.05) is 13.8 Å². The van der Waals surface area contributed by atoms with Crippen LogP contribution in [0.5, 0.6) is 0 Å². The van der Waals surface area contributed by atoms with Gasteiger partial charge in [0.05, 0.1) is 6.42 Å². The maximum absolute atomic E-state index is 11.1. The van der Waals surface area contributed by atoms with E-state index in [1.54, 1.807) is 0 Å². The van der Waals surface area contributed by atoms with Gasteiger partial charge in [0.1, 0.15) is 0 Å². The molecule has 3 heteroatoms. The van der Waals surface area contributed by atoms with Crippen molar-refractivity contribution in [1.29, 1.82) is 0 Å². The molecule has 1 fully saturated rings. The summed E-state index contributed by atoms with van der Waals surface area (Å²) in [5.41, 5.74) is 3.24. The Morgan fingerprint density at radius 2 is 1.90 bits per heavy atom. The Bertz CT molecular complexity index is 488. The molecule has 1 N–H and O–H groups in total. The fourth-order valence-corrected chi connectivity index (χ4v) is 3.08. The van der Waals surface area contributed by atoms with Gasteiger partial charge in [-0.15, -0.1) is 0 Å². The highest BCUT2D eigenvalue weighted by Crippen LogP contribution is 2.36. The molecular formula is C17H25NO2. The second-order valence-electron chi connectivity index (χ2n) is 6.52. The third-order valence-corrected chi connectivity index (χ3v) is 4.17. The summed E-state index contributed by atoms with van der Waals surface area (Å²) in [6.45, 7) is 8.30. The highest BCUT2D eigenvalue weighted by molar-refractivity contribution is 5.70. The third-order valence-electron chi connectivity index (χ3n) is 4.17. The summed E-state index contributed by atoms with van der Waals surface area (Å²) >= 11 is 0. The average Bonchev–Trinajstić information content (AvgIpc) is 2.38. The molecule has 1 saturated heterocycles. The van der Waals surface area contributed by atoms with Crippen molar-refractivity contribution in [1.82, 2.24) is 0 Å². The topological polar surface area (TPSA) is 40.5 Å². The zero-order valence-corrected chi connectivity index (χ0v) is 12.8. The predicted molar refractivity (Wildman–Crippen MR) is 82.5 cm³/mol. The number of piperidine rings is 1. The van der Waals surface area contributed by atoms with Gasteiger partial charge in [-0.2, -0.15) is 0 Å². The van der Waals surface area contributed by atoms with Crippen LogP contribution in [0.2, 0.25) is 0 Å². The van der Waals surface area contributed by atoms with Gasteiger partial charge in [0.15, 0.2) is 0 Å². The van der Waals surface area contributed by atoms with Gasteiger partial charge < -0.3 is 10.0 Å². The van der Waals surface area contributed by atoms with E-state index < -0.39 is 5.97 Å². The van der Waals surface area contributed by atoms with Gasteiger partial charge in [-0.3, -0.25) is 4.79 Å². The SMILES string of the molecule is Cc1ccc(N2CCCCC2)c(C(C)(C)CC(=O)O)c1. The molecule has 20 heavy (non-hydrogen) atoms. The molecular weight excluding hydrogens is 250 g/mol. The van der Waals surface area contributed by atoms with E-state index in [4.69, 9.17) is 5.11 Å². The van der Waals surface area contributed by atoms with E-state index in [0.717, 1.165) is 13.1 Å². The maximum atomic E-state index is 11.1. The molecule has 2 rings (SSSR count). The molecule has 0 saturated carbocycles. The summed E-state index contributed by atoms with van der Waals surface area (Å²) in [6.07, 6.45) is 3.92. The van der Waals surface area contributed by atoms with Crippen molar-refractivity contribution < 1.29 is 9.90 Å². The van der Waals surface area contributed by atoms with E-state index in [2.05, 4.69) is 30.0 Å². The summed E-state index contributed by atoms with van der Waals surface area (Å²) < 4.78 is 0. The van der Waals surface area contributed by atoms with Crippen molar-refractivity contribution in [2.45, 2.75) is 51.9 Å². The molecule has 1 aliphatic heterocycles. The number of benzene rings is 1. The van der Waals surface area contributed by atoms with Crippen LogP contribution in [0.1, 0.15) is 50.7 Å². The van der Waals surface area contributed by atoms with E-state index in [0.29, 0.717) is 0 Å². The minimum absolute atomic E-state index is 0.164. The number of aryl methyl sites for hydroxylation is 1. The standard InChI is InChI=1S/C17H25NO2/c1-13-7-8-15(18-9-5-4-6-10-18)14(11-13)17(2,3)12-16(19)20/h7-8,11H,4-6,9-10,12H2,1-3H3,(H,19,20). The number of aliphatic carboxylic acids is 1. The molecule has 0 unspecified atom stereocenters. The lowest BCUT2D eigenvalue weighted by atomic mass is 9.79. The summed E-state index contributed by atoms with van der Waals surface area (Å²) in [6, 6.07) is 6.46. The summed E-state index contributed by atoms with van der Waals surface area (Å²) in [5.74, 6) is -0.735. The molecule has 1 aromatic carbocycles. The van der Waals surface area contributed by atoms with E-state index in [-0.39, 0.29) is 11.8 Å². The number of anilines is 1. The van der Waals surface area contributed by atoms with Gasteiger partial charge in [-0.25, -0.2) is 0 Å². The van der Waals surface area contributed by atoms with Gasteiger partial charge in [0, 0.05) is 24.2 Å². The maximum Gasteiger partial charge on any atom is 0.304 e.